The van der Waals surface area contributed by atoms with Crippen LogP contribution in [0.2, 0.25) is 0 Å². The van der Waals surface area contributed by atoms with Gasteiger partial charge in [-0.15, -0.1) is 11.8 Å². The summed E-state index contributed by atoms with van der Waals surface area (Å²) in [7, 11) is 0. The number of guanidine groups is 1. The average molecular weight is 375 g/mol. The number of thioether (sulfide) groups is 2. The molecule has 4 saturated carbocycles. The van der Waals surface area contributed by atoms with E-state index in [1.165, 1.54) is 42.8 Å². The van der Waals surface area contributed by atoms with Gasteiger partial charge >= 0.3 is 0 Å². The molecule has 0 aromatic carbocycles. The first-order valence-corrected chi connectivity index (χ1v) is 11.1. The van der Waals surface area contributed by atoms with Crippen LogP contribution in [0.3, 0.4) is 0 Å². The first-order valence-electron chi connectivity index (χ1n) is 9.01. The van der Waals surface area contributed by atoms with E-state index in [-0.39, 0.29) is 23.1 Å². The molecule has 1 unspecified atom stereocenters. The van der Waals surface area contributed by atoms with Crippen LogP contribution in [-0.2, 0) is 4.79 Å². The molecule has 1 atom stereocenters. The van der Waals surface area contributed by atoms with Crippen molar-refractivity contribution in [1.82, 2.24) is 0 Å². The van der Waals surface area contributed by atoms with Gasteiger partial charge in [0.15, 0.2) is 5.78 Å². The number of hydrogen-bond acceptors (Lipinski definition) is 5. The molecule has 2 aliphatic heterocycles. The fourth-order valence-corrected chi connectivity index (χ4v) is 8.05. The van der Waals surface area contributed by atoms with Crippen molar-refractivity contribution in [3.63, 3.8) is 0 Å². The van der Waals surface area contributed by atoms with E-state index >= 15 is 0 Å². The third-order valence-corrected chi connectivity index (χ3v) is 8.55. The molecular weight excluding hydrogens is 352 g/mol. The standard InChI is InChI=1S/C18H22N4OS2/c1-24-15-11-12(19)13(25-16(11)22-17(20)21-15)14(23)18-5-8-2-9(6-18)4-10(3-8)7-18/h8-11,20H,2-7,19H2,1H3. The summed E-state index contributed by atoms with van der Waals surface area (Å²) in [6.07, 6.45) is 9.05. The summed E-state index contributed by atoms with van der Waals surface area (Å²) in [5, 5.41) is 9.35. The Morgan fingerprint density at radius 1 is 1.20 bits per heavy atom. The van der Waals surface area contributed by atoms with Crippen LogP contribution in [0.5, 0.6) is 0 Å². The molecule has 7 heteroatoms. The number of Topliss-reactive ketones (excluding diaryl/α,β-unsaturated/α-hetero) is 1. The SMILES string of the molecule is CSC1=NC(=N)N=C2SC(C(=O)C34CC5CC(CC(C5)C3)C4)=C(N)C12. The van der Waals surface area contributed by atoms with Gasteiger partial charge in [-0.25, -0.2) is 9.98 Å². The topological polar surface area (TPSA) is 91.7 Å². The van der Waals surface area contributed by atoms with Crippen molar-refractivity contribution in [2.75, 3.05) is 6.26 Å². The van der Waals surface area contributed by atoms with E-state index in [1.807, 2.05) is 6.26 Å². The van der Waals surface area contributed by atoms with Crippen molar-refractivity contribution in [3.05, 3.63) is 10.6 Å². The Hall–Kier alpha value is -1.08. The molecule has 0 spiro atoms. The Morgan fingerprint density at radius 3 is 2.36 bits per heavy atom. The quantitative estimate of drug-likeness (QED) is 0.775. The number of carbonyl (C=O) groups is 1. The molecule has 3 N–H and O–H groups in total. The second-order valence-electron chi connectivity index (χ2n) is 8.27. The average Bonchev–Trinajstić information content (AvgIpc) is 2.88. The molecule has 6 aliphatic rings. The predicted octanol–water partition coefficient (Wildman–Crippen LogP) is 3.41. The highest BCUT2D eigenvalue weighted by Crippen LogP contribution is 2.62. The van der Waals surface area contributed by atoms with Crippen molar-refractivity contribution in [3.8, 4) is 0 Å². The Labute approximate surface area is 155 Å². The van der Waals surface area contributed by atoms with Crippen LogP contribution >= 0.6 is 23.5 Å². The van der Waals surface area contributed by atoms with Crippen LogP contribution in [0.25, 0.3) is 0 Å². The summed E-state index contributed by atoms with van der Waals surface area (Å²) in [6.45, 7) is 0. The van der Waals surface area contributed by atoms with E-state index in [0.29, 0.717) is 10.6 Å². The smallest absolute Gasteiger partial charge is 0.243 e. The van der Waals surface area contributed by atoms with Crippen LogP contribution in [0.1, 0.15) is 38.5 Å². The lowest BCUT2D eigenvalue weighted by Gasteiger charge is -2.56. The van der Waals surface area contributed by atoms with Gasteiger partial charge in [-0.05, 0) is 62.5 Å². The molecule has 0 aromatic heterocycles. The lowest BCUT2D eigenvalue weighted by molar-refractivity contribution is -0.139. The molecule has 5 nitrogen and oxygen atoms in total. The largest absolute Gasteiger partial charge is 0.400 e. The van der Waals surface area contributed by atoms with Crippen LogP contribution in [0.4, 0.5) is 0 Å². The monoisotopic (exact) mass is 374 g/mol. The fourth-order valence-electron chi connectivity index (χ4n) is 6.08. The molecule has 4 aliphatic carbocycles. The number of nitrogens with two attached hydrogens (primary N) is 1. The third-order valence-electron chi connectivity index (χ3n) is 6.64. The van der Waals surface area contributed by atoms with Crippen LogP contribution in [0, 0.1) is 34.5 Å². The zero-order chi connectivity index (χ0) is 17.3. The molecule has 2 heterocycles. The second kappa shape index (κ2) is 5.46. The first kappa shape index (κ1) is 16.1. The zero-order valence-electron chi connectivity index (χ0n) is 14.2. The first-order chi connectivity index (χ1) is 12.0. The maximum atomic E-state index is 13.6. The Morgan fingerprint density at radius 2 is 1.80 bits per heavy atom. The molecule has 0 amide bonds. The van der Waals surface area contributed by atoms with Gasteiger partial charge in [-0.2, -0.15) is 0 Å². The second-order valence-corrected chi connectivity index (χ2v) is 10.1. The van der Waals surface area contributed by atoms with Gasteiger partial charge in [0.2, 0.25) is 5.96 Å². The van der Waals surface area contributed by atoms with Gasteiger partial charge < -0.3 is 5.73 Å². The normalized spacial score (nSPS) is 41.7. The summed E-state index contributed by atoms with van der Waals surface area (Å²) < 4.78 is 0. The number of rotatable bonds is 2. The number of hydrogen-bond donors (Lipinski definition) is 2. The molecule has 25 heavy (non-hydrogen) atoms. The summed E-state index contributed by atoms with van der Waals surface area (Å²) in [6, 6.07) is 0. The van der Waals surface area contributed by atoms with Crippen molar-refractivity contribution < 1.29 is 4.79 Å². The molecule has 0 radical (unpaired) electrons. The highest BCUT2D eigenvalue weighted by Gasteiger charge is 2.56. The van der Waals surface area contributed by atoms with E-state index in [4.69, 9.17) is 11.1 Å². The van der Waals surface area contributed by atoms with Crippen molar-refractivity contribution in [2.24, 2.45) is 44.8 Å². The van der Waals surface area contributed by atoms with Gasteiger partial charge in [0.05, 0.1) is 20.9 Å². The van der Waals surface area contributed by atoms with Gasteiger partial charge in [0.1, 0.15) is 0 Å². The molecule has 4 fully saturated rings. The molecule has 132 valence electrons. The maximum absolute atomic E-state index is 13.6. The molecule has 4 bridgehead atoms. The Kier molecular flexibility index (Phi) is 3.52. The predicted molar refractivity (Wildman–Crippen MR) is 104 cm³/mol. The number of nitrogens with zero attached hydrogens (tertiary/aromatic N) is 2. The summed E-state index contributed by atoms with van der Waals surface area (Å²) in [4.78, 5) is 22.8. The van der Waals surface area contributed by atoms with Crippen molar-refractivity contribution in [1.29, 1.82) is 5.41 Å². The summed E-state index contributed by atoms with van der Waals surface area (Å²) in [5.74, 6) is 2.28. The van der Waals surface area contributed by atoms with Crippen LogP contribution in [-0.4, -0.2) is 28.1 Å². The number of nitrogens with one attached hydrogen (secondary N) is 1. The highest BCUT2D eigenvalue weighted by atomic mass is 32.2. The maximum Gasteiger partial charge on any atom is 0.243 e. The Balaban J connectivity index is 1.50. The van der Waals surface area contributed by atoms with E-state index in [2.05, 4.69) is 9.98 Å². The molecule has 0 aromatic rings. The third kappa shape index (κ3) is 2.31. The number of aliphatic imine (C=N–C) groups is 2. The van der Waals surface area contributed by atoms with E-state index in [9.17, 15) is 4.79 Å². The summed E-state index contributed by atoms with van der Waals surface area (Å²) in [5.41, 5.74) is 6.89. The van der Waals surface area contributed by atoms with E-state index in [0.717, 1.165) is 47.1 Å². The van der Waals surface area contributed by atoms with Crippen LogP contribution < -0.4 is 5.73 Å². The lowest BCUT2D eigenvalue weighted by Crippen LogP contribution is -2.50. The van der Waals surface area contributed by atoms with E-state index in [1.54, 1.807) is 0 Å². The minimum Gasteiger partial charge on any atom is -0.400 e. The highest BCUT2D eigenvalue weighted by molar-refractivity contribution is 8.19. The summed E-state index contributed by atoms with van der Waals surface area (Å²) >= 11 is 2.90. The number of carbonyl (C=O) groups excluding carboxylic acids is 1. The minimum atomic E-state index is -0.207. The number of allylic oxidation sites excluding steroid dienone is 2. The van der Waals surface area contributed by atoms with Gasteiger partial charge in [-0.3, -0.25) is 10.2 Å². The van der Waals surface area contributed by atoms with Gasteiger partial charge in [-0.1, -0.05) is 11.8 Å². The van der Waals surface area contributed by atoms with Crippen molar-refractivity contribution >= 4 is 45.4 Å². The molecular formula is C18H22N4OS2. The van der Waals surface area contributed by atoms with Crippen LogP contribution in [0.15, 0.2) is 20.6 Å². The van der Waals surface area contributed by atoms with Gasteiger partial charge in [0.25, 0.3) is 0 Å². The minimum absolute atomic E-state index is 0.0133. The Bertz CT molecular complexity index is 747. The number of ketones is 1. The molecule has 0 saturated heterocycles. The number of fused-ring (bicyclic) bond motifs is 1. The molecule has 6 rings (SSSR count). The van der Waals surface area contributed by atoms with Gasteiger partial charge in [0, 0.05) is 11.1 Å². The van der Waals surface area contributed by atoms with Crippen molar-refractivity contribution in [2.45, 2.75) is 38.5 Å². The zero-order valence-corrected chi connectivity index (χ0v) is 15.9. The van der Waals surface area contributed by atoms with E-state index < -0.39 is 0 Å². The lowest BCUT2D eigenvalue weighted by atomic mass is 9.48. The fraction of sp³-hybridized carbons (Fsp3) is 0.667.